The summed E-state index contributed by atoms with van der Waals surface area (Å²) in [7, 11) is 0. The van der Waals surface area contributed by atoms with Crippen LogP contribution in [-0.2, 0) is 5.60 Å². The van der Waals surface area contributed by atoms with Crippen molar-refractivity contribution in [2.24, 2.45) is 0 Å². The lowest BCUT2D eigenvalue weighted by atomic mass is 9.94. The first-order chi connectivity index (χ1) is 7.21. The number of hydrogen-bond acceptors (Lipinski definition) is 2. The maximum absolute atomic E-state index is 10.4. The molecule has 2 heteroatoms. The second-order valence-electron chi connectivity index (χ2n) is 5.74. The molecule has 0 bridgehead atoms. The van der Waals surface area contributed by atoms with Crippen molar-refractivity contribution >= 4 is 0 Å². The molecule has 0 aliphatic heterocycles. The molecule has 0 saturated heterocycles. The Kier molecular flexibility index (Phi) is 3.76. The van der Waals surface area contributed by atoms with Gasteiger partial charge in [-0.05, 0) is 40.2 Å². The van der Waals surface area contributed by atoms with Crippen molar-refractivity contribution in [2.45, 2.75) is 45.8 Å². The molecule has 0 amide bonds. The summed E-state index contributed by atoms with van der Waals surface area (Å²) in [6, 6.07) is 8.03. The molecule has 1 atom stereocenters. The summed E-state index contributed by atoms with van der Waals surface area (Å²) in [5.41, 5.74) is 1.37. The Morgan fingerprint density at radius 2 is 1.56 bits per heavy atom. The zero-order chi connectivity index (χ0) is 12.4. The van der Waals surface area contributed by atoms with E-state index in [0.29, 0.717) is 6.54 Å². The van der Waals surface area contributed by atoms with E-state index in [2.05, 4.69) is 26.1 Å². The lowest BCUT2D eigenvalue weighted by Crippen LogP contribution is -2.44. The second kappa shape index (κ2) is 4.56. The molecule has 0 aliphatic carbocycles. The molecular formula is C14H23NO. The Hall–Kier alpha value is -0.860. The molecule has 0 aliphatic rings. The Morgan fingerprint density at radius 3 is 2.00 bits per heavy atom. The highest BCUT2D eigenvalue weighted by Crippen LogP contribution is 2.20. The number of aliphatic hydroxyl groups is 1. The van der Waals surface area contributed by atoms with Gasteiger partial charge < -0.3 is 10.4 Å². The van der Waals surface area contributed by atoms with Gasteiger partial charge >= 0.3 is 0 Å². The first-order valence-electron chi connectivity index (χ1n) is 5.75. The van der Waals surface area contributed by atoms with Crippen molar-refractivity contribution in [3.8, 4) is 0 Å². The minimum atomic E-state index is -0.818. The van der Waals surface area contributed by atoms with Crippen molar-refractivity contribution in [1.82, 2.24) is 5.32 Å². The zero-order valence-electron chi connectivity index (χ0n) is 11.0. The van der Waals surface area contributed by atoms with Crippen molar-refractivity contribution in [3.05, 3.63) is 35.4 Å². The molecule has 0 spiro atoms. The highest BCUT2D eigenvalue weighted by atomic mass is 16.3. The number of hydrogen-bond donors (Lipinski definition) is 2. The Bertz CT molecular complexity index is 333. The van der Waals surface area contributed by atoms with Gasteiger partial charge in [0.25, 0.3) is 0 Å². The summed E-state index contributed by atoms with van der Waals surface area (Å²) in [6.07, 6.45) is 0. The first kappa shape index (κ1) is 13.2. The van der Waals surface area contributed by atoms with Crippen LogP contribution in [0.2, 0.25) is 0 Å². The third-order valence-electron chi connectivity index (χ3n) is 2.64. The maximum atomic E-state index is 10.4. The van der Waals surface area contributed by atoms with Crippen molar-refractivity contribution in [3.63, 3.8) is 0 Å². The standard InChI is InChI=1S/C14H23NO/c1-11-6-8-12(9-7-11)14(5,16)10-15-13(2,3)4/h6-9,15-16H,10H2,1-5H3. The van der Waals surface area contributed by atoms with Gasteiger partial charge in [-0.3, -0.25) is 0 Å². The topological polar surface area (TPSA) is 32.3 Å². The van der Waals surface area contributed by atoms with E-state index in [1.54, 1.807) is 0 Å². The van der Waals surface area contributed by atoms with Crippen LogP contribution in [0, 0.1) is 6.92 Å². The van der Waals surface area contributed by atoms with E-state index in [-0.39, 0.29) is 5.54 Å². The first-order valence-corrected chi connectivity index (χ1v) is 5.75. The minimum absolute atomic E-state index is 0.0225. The Morgan fingerprint density at radius 1 is 1.06 bits per heavy atom. The summed E-state index contributed by atoms with van der Waals surface area (Å²) in [6.45, 7) is 10.7. The molecule has 16 heavy (non-hydrogen) atoms. The lowest BCUT2D eigenvalue weighted by Gasteiger charge is -2.29. The van der Waals surface area contributed by atoms with E-state index in [9.17, 15) is 5.11 Å². The zero-order valence-corrected chi connectivity index (χ0v) is 11.0. The molecule has 1 aromatic rings. The highest BCUT2D eigenvalue weighted by Gasteiger charge is 2.24. The average molecular weight is 221 g/mol. The molecular weight excluding hydrogens is 198 g/mol. The van der Waals surface area contributed by atoms with E-state index in [1.165, 1.54) is 5.56 Å². The predicted molar refractivity (Wildman–Crippen MR) is 68.5 cm³/mol. The van der Waals surface area contributed by atoms with Crippen LogP contribution in [0.3, 0.4) is 0 Å². The lowest BCUT2D eigenvalue weighted by molar-refractivity contribution is 0.0502. The second-order valence-corrected chi connectivity index (χ2v) is 5.74. The Labute approximate surface area is 98.7 Å². The predicted octanol–water partition coefficient (Wildman–Crippen LogP) is 2.59. The van der Waals surface area contributed by atoms with Crippen molar-refractivity contribution < 1.29 is 5.11 Å². The van der Waals surface area contributed by atoms with Crippen LogP contribution in [0.1, 0.15) is 38.8 Å². The van der Waals surface area contributed by atoms with E-state index >= 15 is 0 Å². The van der Waals surface area contributed by atoms with E-state index in [0.717, 1.165) is 5.56 Å². The molecule has 0 saturated carbocycles. The van der Waals surface area contributed by atoms with Crippen LogP contribution in [0.5, 0.6) is 0 Å². The van der Waals surface area contributed by atoms with Gasteiger partial charge in [0, 0.05) is 12.1 Å². The molecule has 1 unspecified atom stereocenters. The van der Waals surface area contributed by atoms with E-state index in [4.69, 9.17) is 0 Å². The average Bonchev–Trinajstić information content (AvgIpc) is 2.15. The smallest absolute Gasteiger partial charge is 0.0992 e. The fourth-order valence-corrected chi connectivity index (χ4v) is 1.45. The van der Waals surface area contributed by atoms with Crippen molar-refractivity contribution in [1.29, 1.82) is 0 Å². The van der Waals surface area contributed by atoms with E-state index < -0.39 is 5.60 Å². The summed E-state index contributed by atoms with van der Waals surface area (Å²) in [5, 5.41) is 13.7. The SMILES string of the molecule is Cc1ccc(C(C)(O)CNC(C)(C)C)cc1. The van der Waals surface area contributed by atoms with Crippen LogP contribution in [-0.4, -0.2) is 17.2 Å². The fraction of sp³-hybridized carbons (Fsp3) is 0.571. The fourth-order valence-electron chi connectivity index (χ4n) is 1.45. The van der Waals surface area contributed by atoms with Crippen LogP contribution >= 0.6 is 0 Å². The molecule has 0 radical (unpaired) electrons. The Balaban J connectivity index is 2.73. The van der Waals surface area contributed by atoms with Gasteiger partial charge in [0.2, 0.25) is 0 Å². The third-order valence-corrected chi connectivity index (χ3v) is 2.64. The van der Waals surface area contributed by atoms with Crippen LogP contribution in [0.4, 0.5) is 0 Å². The number of aryl methyl sites for hydroxylation is 1. The largest absolute Gasteiger partial charge is 0.384 e. The normalized spacial score (nSPS) is 15.9. The van der Waals surface area contributed by atoms with Gasteiger partial charge in [-0.25, -0.2) is 0 Å². The molecule has 0 aromatic heterocycles. The molecule has 0 heterocycles. The molecule has 2 N–H and O–H groups in total. The van der Waals surface area contributed by atoms with Gasteiger partial charge in [-0.2, -0.15) is 0 Å². The number of nitrogens with one attached hydrogen (secondary N) is 1. The van der Waals surface area contributed by atoms with Gasteiger partial charge in [-0.15, -0.1) is 0 Å². The minimum Gasteiger partial charge on any atom is -0.384 e. The van der Waals surface area contributed by atoms with Gasteiger partial charge in [0.05, 0.1) is 5.60 Å². The summed E-state index contributed by atoms with van der Waals surface area (Å²) < 4.78 is 0. The molecule has 90 valence electrons. The summed E-state index contributed by atoms with van der Waals surface area (Å²) in [5.74, 6) is 0. The van der Waals surface area contributed by atoms with Crippen LogP contribution in [0.15, 0.2) is 24.3 Å². The number of β-amino-alcohol motifs (C(OH)–C–C–N with tert-alkyl or cyclic N) is 1. The van der Waals surface area contributed by atoms with Crippen LogP contribution in [0.25, 0.3) is 0 Å². The monoisotopic (exact) mass is 221 g/mol. The summed E-state index contributed by atoms with van der Waals surface area (Å²) >= 11 is 0. The van der Waals surface area contributed by atoms with Gasteiger partial charge in [0.1, 0.15) is 0 Å². The molecule has 2 nitrogen and oxygen atoms in total. The van der Waals surface area contributed by atoms with E-state index in [1.807, 2.05) is 38.1 Å². The van der Waals surface area contributed by atoms with Crippen LogP contribution < -0.4 is 5.32 Å². The van der Waals surface area contributed by atoms with Gasteiger partial charge in [-0.1, -0.05) is 29.8 Å². The quantitative estimate of drug-likeness (QED) is 0.822. The number of rotatable bonds is 3. The van der Waals surface area contributed by atoms with Crippen molar-refractivity contribution in [2.75, 3.05) is 6.54 Å². The molecule has 0 fully saturated rings. The molecule has 1 rings (SSSR count). The van der Waals surface area contributed by atoms with Gasteiger partial charge in [0.15, 0.2) is 0 Å². The highest BCUT2D eigenvalue weighted by molar-refractivity contribution is 5.26. The number of benzene rings is 1. The molecule has 1 aromatic carbocycles. The summed E-state index contributed by atoms with van der Waals surface area (Å²) in [4.78, 5) is 0. The third kappa shape index (κ3) is 3.95. The maximum Gasteiger partial charge on any atom is 0.0992 e.